The van der Waals surface area contributed by atoms with E-state index in [0.29, 0.717) is 5.56 Å². The molecular weight excluding hydrogens is 380 g/mol. The number of hydrogen-bond acceptors (Lipinski definition) is 5. The highest BCUT2D eigenvalue weighted by molar-refractivity contribution is 5.89. The first-order valence-electron chi connectivity index (χ1n) is 9.88. The molecule has 0 amide bonds. The van der Waals surface area contributed by atoms with Crippen molar-refractivity contribution in [3.8, 4) is 0 Å². The third-order valence-electron chi connectivity index (χ3n) is 6.29. The lowest BCUT2D eigenvalue weighted by Gasteiger charge is -2.38. The molecule has 0 saturated heterocycles. The Labute approximate surface area is 173 Å². The number of fused-ring (bicyclic) bond motifs is 5. The van der Waals surface area contributed by atoms with E-state index in [9.17, 15) is 14.9 Å². The normalized spacial score (nSPS) is 21.0. The SMILES string of the molecule is COC(=O)c1ccc([C@@H]2Nc3ccc([N+](=O)[O-])cc3[C@H]3c4ccccc4C[C@@H]32)cc1. The minimum absolute atomic E-state index is 0.0306. The van der Waals surface area contributed by atoms with Gasteiger partial charge in [-0.1, -0.05) is 36.4 Å². The van der Waals surface area contributed by atoms with Crippen LogP contribution < -0.4 is 5.32 Å². The Hall–Kier alpha value is -3.67. The number of nitro benzene ring substituents is 1. The number of nitrogens with one attached hydrogen (secondary N) is 1. The maximum absolute atomic E-state index is 11.8. The summed E-state index contributed by atoms with van der Waals surface area (Å²) in [5, 5.41) is 15.0. The second-order valence-electron chi connectivity index (χ2n) is 7.81. The quantitative estimate of drug-likeness (QED) is 0.386. The van der Waals surface area contributed by atoms with E-state index in [0.717, 1.165) is 23.2 Å². The number of methoxy groups -OCH3 is 1. The van der Waals surface area contributed by atoms with Gasteiger partial charge in [-0.25, -0.2) is 4.79 Å². The number of ether oxygens (including phenoxy) is 1. The molecule has 30 heavy (non-hydrogen) atoms. The zero-order valence-corrected chi connectivity index (χ0v) is 16.4. The third kappa shape index (κ3) is 2.84. The van der Waals surface area contributed by atoms with Crippen LogP contribution in [0.15, 0.2) is 66.7 Å². The van der Waals surface area contributed by atoms with Crippen LogP contribution >= 0.6 is 0 Å². The number of carbonyl (C=O) groups is 1. The molecule has 0 bridgehead atoms. The molecule has 6 heteroatoms. The Morgan fingerprint density at radius 3 is 2.57 bits per heavy atom. The van der Waals surface area contributed by atoms with Gasteiger partial charge in [0.25, 0.3) is 5.69 Å². The van der Waals surface area contributed by atoms with Gasteiger partial charge < -0.3 is 10.1 Å². The zero-order valence-electron chi connectivity index (χ0n) is 16.4. The van der Waals surface area contributed by atoms with Crippen LogP contribution in [0.25, 0.3) is 0 Å². The molecule has 5 rings (SSSR count). The van der Waals surface area contributed by atoms with Gasteiger partial charge in [-0.2, -0.15) is 0 Å². The van der Waals surface area contributed by atoms with Gasteiger partial charge in [-0.05, 0) is 52.8 Å². The van der Waals surface area contributed by atoms with Crippen molar-refractivity contribution in [3.63, 3.8) is 0 Å². The van der Waals surface area contributed by atoms with Gasteiger partial charge in [0.1, 0.15) is 0 Å². The smallest absolute Gasteiger partial charge is 0.337 e. The summed E-state index contributed by atoms with van der Waals surface area (Å²) >= 11 is 0. The maximum Gasteiger partial charge on any atom is 0.337 e. The van der Waals surface area contributed by atoms with E-state index < -0.39 is 0 Å². The maximum atomic E-state index is 11.8. The second-order valence-corrected chi connectivity index (χ2v) is 7.81. The van der Waals surface area contributed by atoms with Gasteiger partial charge >= 0.3 is 5.97 Å². The van der Waals surface area contributed by atoms with E-state index in [1.54, 1.807) is 30.3 Å². The predicted octanol–water partition coefficient (Wildman–Crippen LogP) is 4.85. The molecule has 1 heterocycles. The minimum atomic E-state index is -0.359. The lowest BCUT2D eigenvalue weighted by molar-refractivity contribution is -0.384. The molecule has 1 N–H and O–H groups in total. The fraction of sp³-hybridized carbons (Fsp3) is 0.208. The summed E-state index contributed by atoms with van der Waals surface area (Å²) in [7, 11) is 1.37. The van der Waals surface area contributed by atoms with E-state index >= 15 is 0 Å². The molecule has 3 aromatic carbocycles. The molecule has 3 atom stereocenters. The van der Waals surface area contributed by atoms with Crippen molar-refractivity contribution < 1.29 is 14.5 Å². The molecule has 0 fully saturated rings. The number of carbonyl (C=O) groups excluding carboxylic acids is 1. The van der Waals surface area contributed by atoms with Gasteiger partial charge in [-0.15, -0.1) is 0 Å². The highest BCUT2D eigenvalue weighted by Gasteiger charge is 2.43. The number of esters is 1. The van der Waals surface area contributed by atoms with Crippen LogP contribution in [0.3, 0.4) is 0 Å². The van der Waals surface area contributed by atoms with Crippen LogP contribution in [0.5, 0.6) is 0 Å². The average Bonchev–Trinajstić information content (AvgIpc) is 3.17. The zero-order chi connectivity index (χ0) is 20.8. The fourth-order valence-electron chi connectivity index (χ4n) is 4.94. The fourth-order valence-corrected chi connectivity index (χ4v) is 4.94. The van der Waals surface area contributed by atoms with Crippen molar-refractivity contribution in [2.45, 2.75) is 18.4 Å². The molecule has 3 aromatic rings. The largest absolute Gasteiger partial charge is 0.465 e. The lowest BCUT2D eigenvalue weighted by atomic mass is 9.75. The summed E-state index contributed by atoms with van der Waals surface area (Å²) < 4.78 is 4.80. The van der Waals surface area contributed by atoms with Crippen molar-refractivity contribution in [1.29, 1.82) is 0 Å². The van der Waals surface area contributed by atoms with Crippen LogP contribution in [0.1, 0.15) is 44.6 Å². The predicted molar refractivity (Wildman–Crippen MR) is 113 cm³/mol. The van der Waals surface area contributed by atoms with E-state index in [1.165, 1.54) is 18.2 Å². The number of nitrogens with zero attached hydrogens (tertiary/aromatic N) is 1. The Balaban J connectivity index is 1.61. The Kier molecular flexibility index (Phi) is 4.28. The number of nitro groups is 1. The summed E-state index contributed by atoms with van der Waals surface area (Å²) in [4.78, 5) is 22.8. The van der Waals surface area contributed by atoms with Crippen LogP contribution in [-0.4, -0.2) is 18.0 Å². The Morgan fingerprint density at radius 1 is 1.07 bits per heavy atom. The minimum Gasteiger partial charge on any atom is -0.465 e. The van der Waals surface area contributed by atoms with Crippen LogP contribution in [0.2, 0.25) is 0 Å². The van der Waals surface area contributed by atoms with Gasteiger partial charge in [0.15, 0.2) is 0 Å². The Morgan fingerprint density at radius 2 is 1.83 bits per heavy atom. The lowest BCUT2D eigenvalue weighted by Crippen LogP contribution is -2.30. The number of rotatable bonds is 3. The number of anilines is 1. The molecule has 1 aliphatic carbocycles. The second kappa shape index (κ2) is 6.99. The summed E-state index contributed by atoms with van der Waals surface area (Å²) in [5.41, 5.74) is 6.11. The number of benzene rings is 3. The van der Waals surface area contributed by atoms with Crippen LogP contribution in [0, 0.1) is 16.0 Å². The molecule has 0 unspecified atom stereocenters. The first-order chi connectivity index (χ1) is 14.6. The highest BCUT2D eigenvalue weighted by Crippen LogP contribution is 2.54. The monoisotopic (exact) mass is 400 g/mol. The van der Waals surface area contributed by atoms with E-state index in [4.69, 9.17) is 4.74 Å². The van der Waals surface area contributed by atoms with Crippen molar-refractivity contribution in [2.24, 2.45) is 5.92 Å². The van der Waals surface area contributed by atoms with Gasteiger partial charge in [0.05, 0.1) is 23.6 Å². The first kappa shape index (κ1) is 18.4. The number of hydrogen-bond donors (Lipinski definition) is 1. The molecule has 0 saturated carbocycles. The van der Waals surface area contributed by atoms with Crippen molar-refractivity contribution in [2.75, 3.05) is 12.4 Å². The van der Waals surface area contributed by atoms with E-state index in [1.807, 2.05) is 24.3 Å². The Bertz CT molecular complexity index is 1160. The molecule has 2 aliphatic rings. The van der Waals surface area contributed by atoms with Gasteiger partial charge in [-0.3, -0.25) is 10.1 Å². The van der Waals surface area contributed by atoms with Crippen LogP contribution in [-0.2, 0) is 11.2 Å². The van der Waals surface area contributed by atoms with E-state index in [-0.39, 0.29) is 34.5 Å². The molecule has 1 aliphatic heterocycles. The summed E-state index contributed by atoms with van der Waals surface area (Å²) in [6, 6.07) is 20.9. The van der Waals surface area contributed by atoms with Crippen LogP contribution in [0.4, 0.5) is 11.4 Å². The molecule has 0 aromatic heterocycles. The molecule has 6 nitrogen and oxygen atoms in total. The van der Waals surface area contributed by atoms with Crippen molar-refractivity contribution in [1.82, 2.24) is 0 Å². The average molecular weight is 400 g/mol. The van der Waals surface area contributed by atoms with Crippen molar-refractivity contribution in [3.05, 3.63) is 105 Å². The molecule has 0 spiro atoms. The van der Waals surface area contributed by atoms with Gasteiger partial charge in [0, 0.05) is 23.7 Å². The first-order valence-corrected chi connectivity index (χ1v) is 9.88. The standard InChI is InChI=1S/C24H20N2O4/c1-30-24(27)15-8-6-14(7-9-15)23-20-12-16-4-2-3-5-18(16)22(20)19-13-17(26(28)29)10-11-21(19)25-23/h2-11,13,20,22-23,25H,12H2,1H3/t20-,22+,23-/m0/s1. The summed E-state index contributed by atoms with van der Waals surface area (Å²) in [6.45, 7) is 0. The molecule has 0 radical (unpaired) electrons. The number of non-ortho nitro benzene ring substituents is 1. The third-order valence-corrected chi connectivity index (χ3v) is 6.29. The summed E-state index contributed by atoms with van der Waals surface area (Å²) in [6.07, 6.45) is 0.888. The summed E-state index contributed by atoms with van der Waals surface area (Å²) in [5.74, 6) is -0.0505. The van der Waals surface area contributed by atoms with E-state index in [2.05, 4.69) is 17.4 Å². The molecule has 150 valence electrons. The molecular formula is C24H20N2O4. The highest BCUT2D eigenvalue weighted by atomic mass is 16.6. The van der Waals surface area contributed by atoms with Gasteiger partial charge in [0.2, 0.25) is 0 Å². The van der Waals surface area contributed by atoms with Crippen molar-refractivity contribution >= 4 is 17.3 Å². The topological polar surface area (TPSA) is 81.5 Å².